The molecule has 0 saturated carbocycles. The second-order valence-electron chi connectivity index (χ2n) is 2.90. The summed E-state index contributed by atoms with van der Waals surface area (Å²) in [6.07, 6.45) is 0. The fourth-order valence-electron chi connectivity index (χ4n) is 1.24. The van der Waals surface area contributed by atoms with Crippen molar-refractivity contribution in [1.29, 1.82) is 0 Å². The van der Waals surface area contributed by atoms with E-state index in [1.165, 1.54) is 16.9 Å². The van der Waals surface area contributed by atoms with Crippen LogP contribution in [0.15, 0.2) is 23.0 Å². The van der Waals surface area contributed by atoms with Gasteiger partial charge in [0.1, 0.15) is 0 Å². The van der Waals surface area contributed by atoms with Crippen molar-refractivity contribution in [3.8, 4) is 0 Å². The molecule has 0 spiro atoms. The highest BCUT2D eigenvalue weighted by Crippen LogP contribution is 2.17. The highest BCUT2D eigenvalue weighted by Gasteiger charge is 2.02. The van der Waals surface area contributed by atoms with Crippen LogP contribution in [0.25, 0.3) is 10.2 Å². The molecule has 70 valence electrons. The third-order valence-corrected chi connectivity index (χ3v) is 2.94. The van der Waals surface area contributed by atoms with Crippen molar-refractivity contribution < 1.29 is 0 Å². The lowest BCUT2D eigenvalue weighted by Crippen LogP contribution is -2.06. The van der Waals surface area contributed by atoms with Gasteiger partial charge in [0.25, 0.3) is 0 Å². The first-order valence-corrected chi connectivity index (χ1v) is 4.56. The van der Waals surface area contributed by atoms with E-state index in [4.69, 9.17) is 0 Å². The first-order chi connectivity index (χ1) is 5.68. The lowest BCUT2D eigenvalue weighted by atomic mass is 10.2. The zero-order valence-electron chi connectivity index (χ0n) is 7.00. The molecule has 0 saturated heterocycles. The maximum absolute atomic E-state index is 11.2. The molecule has 1 aromatic carbocycles. The first kappa shape index (κ1) is 9.99. The van der Waals surface area contributed by atoms with E-state index < -0.39 is 0 Å². The molecule has 1 aromatic heterocycles. The molecule has 0 radical (unpaired) electrons. The van der Waals surface area contributed by atoms with Crippen LogP contribution in [0.4, 0.5) is 0 Å². The van der Waals surface area contributed by atoms with Gasteiger partial charge < -0.3 is 4.57 Å². The van der Waals surface area contributed by atoms with Crippen molar-refractivity contribution in [2.75, 3.05) is 0 Å². The van der Waals surface area contributed by atoms with Crippen molar-refractivity contribution in [3.05, 3.63) is 33.4 Å². The van der Waals surface area contributed by atoms with Gasteiger partial charge in [-0.15, -0.1) is 0 Å². The van der Waals surface area contributed by atoms with Gasteiger partial charge in [0.15, 0.2) is 0 Å². The molecule has 0 aliphatic carbocycles. The van der Waals surface area contributed by atoms with E-state index >= 15 is 0 Å². The SMILES string of the molecule is C.Cc1ccc2c(c1)sc(=O)n2C. The van der Waals surface area contributed by atoms with E-state index in [9.17, 15) is 4.79 Å². The predicted octanol–water partition coefficient (Wildman–Crippen LogP) is 2.54. The van der Waals surface area contributed by atoms with Crippen LogP contribution in [0.3, 0.4) is 0 Å². The fraction of sp³-hybridized carbons (Fsp3) is 0.300. The van der Waals surface area contributed by atoms with Gasteiger partial charge in [-0.3, -0.25) is 4.79 Å². The Bertz CT molecular complexity index is 481. The summed E-state index contributed by atoms with van der Waals surface area (Å²) in [5.41, 5.74) is 2.22. The van der Waals surface area contributed by atoms with Crippen molar-refractivity contribution in [2.45, 2.75) is 14.4 Å². The second-order valence-corrected chi connectivity index (χ2v) is 3.89. The van der Waals surface area contributed by atoms with Crippen molar-refractivity contribution >= 4 is 21.6 Å². The molecule has 13 heavy (non-hydrogen) atoms. The zero-order valence-corrected chi connectivity index (χ0v) is 7.81. The number of thiazole rings is 1. The Hall–Kier alpha value is -1.09. The van der Waals surface area contributed by atoms with Crippen LogP contribution >= 0.6 is 11.3 Å². The summed E-state index contributed by atoms with van der Waals surface area (Å²) >= 11 is 1.30. The van der Waals surface area contributed by atoms with E-state index in [2.05, 4.69) is 0 Å². The standard InChI is InChI=1S/C9H9NOS.CH4/c1-6-3-4-7-8(5-6)12-9(11)10(7)2;/h3-5H,1-2H3;1H4. The molecule has 0 fully saturated rings. The third-order valence-electron chi connectivity index (χ3n) is 1.95. The van der Waals surface area contributed by atoms with E-state index in [0.29, 0.717) is 0 Å². The summed E-state index contributed by atoms with van der Waals surface area (Å²) in [7, 11) is 1.80. The van der Waals surface area contributed by atoms with Crippen LogP contribution in [-0.4, -0.2) is 4.57 Å². The van der Waals surface area contributed by atoms with Gasteiger partial charge in [0.05, 0.1) is 10.2 Å². The lowest BCUT2D eigenvalue weighted by molar-refractivity contribution is 0.938. The molecule has 0 atom stereocenters. The predicted molar refractivity (Wildman–Crippen MR) is 58.5 cm³/mol. The molecule has 3 heteroatoms. The maximum Gasteiger partial charge on any atom is 0.307 e. The molecular formula is C10H13NOS. The van der Waals surface area contributed by atoms with Crippen molar-refractivity contribution in [2.24, 2.45) is 7.05 Å². The van der Waals surface area contributed by atoms with Crippen LogP contribution < -0.4 is 4.87 Å². The minimum Gasteiger partial charge on any atom is -0.302 e. The second kappa shape index (κ2) is 3.34. The number of aromatic nitrogens is 1. The normalized spacial score (nSPS) is 10.0. The van der Waals surface area contributed by atoms with Crippen LogP contribution in [0.1, 0.15) is 13.0 Å². The number of aryl methyl sites for hydroxylation is 2. The number of hydrogen-bond acceptors (Lipinski definition) is 2. The van der Waals surface area contributed by atoms with E-state index in [1.54, 1.807) is 11.6 Å². The van der Waals surface area contributed by atoms with Gasteiger partial charge in [-0.05, 0) is 24.6 Å². The number of rotatable bonds is 0. The molecule has 2 aromatic rings. The summed E-state index contributed by atoms with van der Waals surface area (Å²) in [4.78, 5) is 11.3. The molecule has 2 nitrogen and oxygen atoms in total. The van der Waals surface area contributed by atoms with Gasteiger partial charge >= 0.3 is 4.87 Å². The Morgan fingerprint density at radius 2 is 2.08 bits per heavy atom. The van der Waals surface area contributed by atoms with Crippen LogP contribution in [-0.2, 0) is 7.05 Å². The average molecular weight is 195 g/mol. The lowest BCUT2D eigenvalue weighted by Gasteiger charge is -1.93. The Balaban J connectivity index is 0.000000845. The Morgan fingerprint density at radius 3 is 2.77 bits per heavy atom. The monoisotopic (exact) mass is 195 g/mol. The van der Waals surface area contributed by atoms with Crippen LogP contribution in [0, 0.1) is 6.92 Å². The summed E-state index contributed by atoms with van der Waals surface area (Å²) in [6.45, 7) is 2.03. The quantitative estimate of drug-likeness (QED) is 0.633. The summed E-state index contributed by atoms with van der Waals surface area (Å²) in [5, 5.41) is 0. The molecule has 1 heterocycles. The Morgan fingerprint density at radius 1 is 1.38 bits per heavy atom. The molecule has 0 bridgehead atoms. The molecule has 2 rings (SSSR count). The number of hydrogen-bond donors (Lipinski definition) is 0. The van der Waals surface area contributed by atoms with Crippen molar-refractivity contribution in [3.63, 3.8) is 0 Å². The highest BCUT2D eigenvalue weighted by molar-refractivity contribution is 7.16. The molecule has 0 aliphatic rings. The Labute approximate surface area is 81.4 Å². The van der Waals surface area contributed by atoms with Gasteiger partial charge in [0, 0.05) is 7.05 Å². The molecule has 0 unspecified atom stereocenters. The number of fused-ring (bicyclic) bond motifs is 1. The first-order valence-electron chi connectivity index (χ1n) is 3.74. The third kappa shape index (κ3) is 1.52. The summed E-state index contributed by atoms with van der Waals surface area (Å²) in [6, 6.07) is 6.05. The fourth-order valence-corrected chi connectivity index (χ4v) is 2.22. The molecule has 0 aliphatic heterocycles. The zero-order chi connectivity index (χ0) is 8.72. The molecular weight excluding hydrogens is 182 g/mol. The highest BCUT2D eigenvalue weighted by atomic mass is 32.1. The van der Waals surface area contributed by atoms with Crippen molar-refractivity contribution in [1.82, 2.24) is 4.57 Å². The average Bonchev–Trinajstić information content (AvgIpc) is 2.28. The van der Waals surface area contributed by atoms with E-state index in [0.717, 1.165) is 10.2 Å². The smallest absolute Gasteiger partial charge is 0.302 e. The maximum atomic E-state index is 11.2. The molecule has 0 N–H and O–H groups in total. The number of nitrogens with zero attached hydrogens (tertiary/aromatic N) is 1. The Kier molecular flexibility index (Phi) is 2.57. The number of benzene rings is 1. The minimum atomic E-state index is 0. The summed E-state index contributed by atoms with van der Waals surface area (Å²) in [5.74, 6) is 0. The van der Waals surface area contributed by atoms with Gasteiger partial charge in [-0.1, -0.05) is 24.8 Å². The van der Waals surface area contributed by atoms with E-state index in [1.807, 2.05) is 25.1 Å². The van der Waals surface area contributed by atoms with Gasteiger partial charge in [-0.25, -0.2) is 0 Å². The topological polar surface area (TPSA) is 22.0 Å². The molecule has 0 amide bonds. The minimum absolute atomic E-state index is 0. The largest absolute Gasteiger partial charge is 0.307 e. The van der Waals surface area contributed by atoms with Gasteiger partial charge in [-0.2, -0.15) is 0 Å². The van der Waals surface area contributed by atoms with Crippen LogP contribution in [0.2, 0.25) is 0 Å². The van der Waals surface area contributed by atoms with E-state index in [-0.39, 0.29) is 12.3 Å². The summed E-state index contributed by atoms with van der Waals surface area (Å²) < 4.78 is 2.75. The van der Waals surface area contributed by atoms with Gasteiger partial charge in [0.2, 0.25) is 0 Å². The van der Waals surface area contributed by atoms with Crippen LogP contribution in [0.5, 0.6) is 0 Å².